The molecule has 2 heterocycles. The van der Waals surface area contributed by atoms with Crippen LogP contribution in [-0.4, -0.2) is 41.9 Å². The summed E-state index contributed by atoms with van der Waals surface area (Å²) in [7, 11) is 0. The van der Waals surface area contributed by atoms with Crippen molar-refractivity contribution in [1.82, 2.24) is 10.6 Å². The zero-order chi connectivity index (χ0) is 19.4. The largest absolute Gasteiger partial charge is 0.472 e. The minimum absolute atomic E-state index is 0.00732. The Morgan fingerprint density at radius 2 is 2.04 bits per heavy atom. The second-order valence-electron chi connectivity index (χ2n) is 7.85. The van der Waals surface area contributed by atoms with Crippen molar-refractivity contribution in [3.63, 3.8) is 0 Å². The molecule has 2 aliphatic rings. The van der Waals surface area contributed by atoms with Crippen LogP contribution in [0.5, 0.6) is 0 Å². The Morgan fingerprint density at radius 1 is 1.30 bits per heavy atom. The van der Waals surface area contributed by atoms with Crippen molar-refractivity contribution >= 4 is 17.6 Å². The Morgan fingerprint density at radius 3 is 2.63 bits per heavy atom. The van der Waals surface area contributed by atoms with Crippen molar-refractivity contribution < 1.29 is 23.5 Å². The molecule has 1 aromatic rings. The third kappa shape index (κ3) is 4.40. The van der Waals surface area contributed by atoms with Gasteiger partial charge < -0.3 is 19.8 Å². The minimum atomic E-state index is -1.07. The molecule has 3 atom stereocenters. The molecule has 148 valence electrons. The van der Waals surface area contributed by atoms with Crippen LogP contribution in [0.3, 0.4) is 0 Å². The Balaban J connectivity index is 1.72. The monoisotopic (exact) mass is 376 g/mol. The highest BCUT2D eigenvalue weighted by Gasteiger charge is 2.47. The number of nitrogens with one attached hydrogen (secondary N) is 2. The first-order valence-electron chi connectivity index (χ1n) is 9.70. The fraction of sp³-hybridized carbons (Fsp3) is 0.650. The average Bonchev–Trinajstić information content (AvgIpc) is 3.27. The van der Waals surface area contributed by atoms with Crippen LogP contribution in [-0.2, 0) is 14.3 Å². The molecule has 1 aromatic heterocycles. The minimum Gasteiger partial charge on any atom is -0.472 e. The van der Waals surface area contributed by atoms with E-state index in [1.165, 1.54) is 18.9 Å². The van der Waals surface area contributed by atoms with Crippen LogP contribution in [0.2, 0.25) is 0 Å². The molecule has 1 saturated carbocycles. The SMILES string of the molecule is C[C@@H]1OCC(=O)[C@]1(C)NC(=O)[C@@H](CC1CCCCC1)NC(=O)c1ccoc1. The topological polar surface area (TPSA) is 97.6 Å². The van der Waals surface area contributed by atoms with Crippen LogP contribution in [0.4, 0.5) is 0 Å². The number of hydrogen-bond acceptors (Lipinski definition) is 5. The number of furan rings is 1. The summed E-state index contributed by atoms with van der Waals surface area (Å²) in [5.74, 6) is -0.460. The molecule has 2 N–H and O–H groups in total. The third-order valence-corrected chi connectivity index (χ3v) is 5.94. The number of ketones is 1. The highest BCUT2D eigenvalue weighted by atomic mass is 16.5. The van der Waals surface area contributed by atoms with E-state index in [1.807, 2.05) is 0 Å². The summed E-state index contributed by atoms with van der Waals surface area (Å²) in [6.07, 6.45) is 8.55. The van der Waals surface area contributed by atoms with E-state index in [4.69, 9.17) is 9.15 Å². The lowest BCUT2D eigenvalue weighted by atomic mass is 9.84. The molecule has 1 saturated heterocycles. The highest BCUT2D eigenvalue weighted by molar-refractivity contribution is 6.00. The fourth-order valence-electron chi connectivity index (χ4n) is 3.88. The number of carbonyl (C=O) groups is 3. The number of ether oxygens (including phenoxy) is 1. The van der Waals surface area contributed by atoms with E-state index in [1.54, 1.807) is 19.9 Å². The van der Waals surface area contributed by atoms with E-state index >= 15 is 0 Å². The summed E-state index contributed by atoms with van der Waals surface area (Å²) < 4.78 is 10.3. The summed E-state index contributed by atoms with van der Waals surface area (Å²) >= 11 is 0. The molecule has 0 bridgehead atoms. The maximum absolute atomic E-state index is 13.0. The molecule has 7 heteroatoms. The molecule has 1 aliphatic heterocycles. The van der Waals surface area contributed by atoms with Gasteiger partial charge in [0.2, 0.25) is 5.91 Å². The number of hydrogen-bond donors (Lipinski definition) is 2. The summed E-state index contributed by atoms with van der Waals surface area (Å²) in [6.45, 7) is 3.44. The van der Waals surface area contributed by atoms with Gasteiger partial charge in [-0.05, 0) is 32.3 Å². The Hall–Kier alpha value is -2.15. The molecule has 7 nitrogen and oxygen atoms in total. The zero-order valence-corrected chi connectivity index (χ0v) is 16.0. The van der Waals surface area contributed by atoms with E-state index in [0.29, 0.717) is 17.9 Å². The summed E-state index contributed by atoms with van der Waals surface area (Å²) in [4.78, 5) is 37.7. The summed E-state index contributed by atoms with van der Waals surface area (Å²) in [5, 5.41) is 5.67. The van der Waals surface area contributed by atoms with Crippen LogP contribution in [0.1, 0.15) is 62.7 Å². The predicted molar refractivity (Wildman–Crippen MR) is 98.1 cm³/mol. The molecule has 3 rings (SSSR count). The zero-order valence-electron chi connectivity index (χ0n) is 16.0. The van der Waals surface area contributed by atoms with E-state index in [2.05, 4.69) is 10.6 Å². The normalized spacial score (nSPS) is 27.3. The lowest BCUT2D eigenvalue weighted by Gasteiger charge is -2.31. The van der Waals surface area contributed by atoms with Gasteiger partial charge in [-0.15, -0.1) is 0 Å². The van der Waals surface area contributed by atoms with Gasteiger partial charge in [-0.25, -0.2) is 0 Å². The lowest BCUT2D eigenvalue weighted by molar-refractivity contribution is -0.131. The second-order valence-corrected chi connectivity index (χ2v) is 7.85. The number of amides is 2. The molecule has 2 amide bonds. The van der Waals surface area contributed by atoms with Gasteiger partial charge in [-0.3, -0.25) is 14.4 Å². The summed E-state index contributed by atoms with van der Waals surface area (Å²) in [6, 6.07) is 0.857. The Kier molecular flexibility index (Phi) is 5.99. The average molecular weight is 376 g/mol. The molecule has 0 spiro atoms. The van der Waals surface area contributed by atoms with Crippen LogP contribution in [0, 0.1) is 5.92 Å². The Labute approximate surface area is 159 Å². The second kappa shape index (κ2) is 8.25. The van der Waals surface area contributed by atoms with Crippen molar-refractivity contribution in [1.29, 1.82) is 0 Å². The molecular formula is C20H28N2O5. The molecule has 27 heavy (non-hydrogen) atoms. The smallest absolute Gasteiger partial charge is 0.255 e. The van der Waals surface area contributed by atoms with Gasteiger partial charge in [0.25, 0.3) is 5.91 Å². The number of rotatable bonds is 6. The maximum Gasteiger partial charge on any atom is 0.255 e. The number of carbonyl (C=O) groups excluding carboxylic acids is 3. The standard InChI is InChI=1S/C20H28N2O5/c1-13-20(2,17(23)12-27-13)22-19(25)16(10-14-6-4-3-5-7-14)21-18(24)15-8-9-26-11-15/h8-9,11,13-14,16H,3-7,10,12H2,1-2H3,(H,21,24)(H,22,25)/t13-,16+,20+/m0/s1. The predicted octanol–water partition coefficient (Wildman–Crippen LogP) is 2.21. The van der Waals surface area contributed by atoms with E-state index in [-0.39, 0.29) is 24.2 Å². The van der Waals surface area contributed by atoms with Gasteiger partial charge in [0.15, 0.2) is 5.78 Å². The first kappa shape index (κ1) is 19.6. The highest BCUT2D eigenvalue weighted by Crippen LogP contribution is 2.28. The van der Waals surface area contributed by atoms with Gasteiger partial charge in [0, 0.05) is 0 Å². The van der Waals surface area contributed by atoms with Crippen LogP contribution in [0.15, 0.2) is 23.0 Å². The molecule has 2 fully saturated rings. The van der Waals surface area contributed by atoms with Crippen molar-refractivity contribution in [2.45, 2.75) is 70.1 Å². The molecule has 0 unspecified atom stereocenters. The van der Waals surface area contributed by atoms with E-state index in [9.17, 15) is 14.4 Å². The number of Topliss-reactive ketones (excluding diaryl/α,β-unsaturated/α-hetero) is 1. The first-order valence-corrected chi connectivity index (χ1v) is 9.70. The molecule has 1 aliphatic carbocycles. The van der Waals surface area contributed by atoms with Crippen molar-refractivity contribution in [3.05, 3.63) is 24.2 Å². The van der Waals surface area contributed by atoms with Gasteiger partial charge in [0.05, 0.1) is 17.9 Å². The van der Waals surface area contributed by atoms with Gasteiger partial charge in [0.1, 0.15) is 24.5 Å². The fourth-order valence-corrected chi connectivity index (χ4v) is 3.88. The lowest BCUT2D eigenvalue weighted by Crippen LogP contribution is -2.60. The van der Waals surface area contributed by atoms with Crippen LogP contribution < -0.4 is 10.6 Å². The molecule has 0 radical (unpaired) electrons. The molecular weight excluding hydrogens is 348 g/mol. The van der Waals surface area contributed by atoms with Crippen molar-refractivity contribution in [2.75, 3.05) is 6.61 Å². The van der Waals surface area contributed by atoms with E-state index in [0.717, 1.165) is 25.7 Å². The van der Waals surface area contributed by atoms with Gasteiger partial charge >= 0.3 is 0 Å². The first-order chi connectivity index (χ1) is 12.9. The van der Waals surface area contributed by atoms with Crippen LogP contribution >= 0.6 is 0 Å². The van der Waals surface area contributed by atoms with Crippen molar-refractivity contribution in [3.8, 4) is 0 Å². The summed E-state index contributed by atoms with van der Waals surface area (Å²) in [5.41, 5.74) is -0.696. The quantitative estimate of drug-likeness (QED) is 0.793. The van der Waals surface area contributed by atoms with Gasteiger partial charge in [-0.1, -0.05) is 32.1 Å². The van der Waals surface area contributed by atoms with E-state index < -0.39 is 17.7 Å². The van der Waals surface area contributed by atoms with Crippen LogP contribution in [0.25, 0.3) is 0 Å². The molecule has 0 aromatic carbocycles. The maximum atomic E-state index is 13.0. The van der Waals surface area contributed by atoms with Crippen molar-refractivity contribution in [2.24, 2.45) is 5.92 Å². The third-order valence-electron chi connectivity index (χ3n) is 5.94. The van der Waals surface area contributed by atoms with Gasteiger partial charge in [-0.2, -0.15) is 0 Å². The Bertz CT molecular complexity index is 681.